The molecule has 1 aromatic carbocycles. The number of methoxy groups -OCH3 is 1. The summed E-state index contributed by atoms with van der Waals surface area (Å²) in [5.74, 6) is -1.47. The number of fused-ring (bicyclic) bond motifs is 1. The molecule has 0 aliphatic rings. The average Bonchev–Trinajstić information content (AvgIpc) is 2.77. The number of rotatable bonds is 4. The minimum atomic E-state index is -5.26. The van der Waals surface area contributed by atoms with Crippen molar-refractivity contribution in [2.24, 2.45) is 0 Å². The van der Waals surface area contributed by atoms with Crippen molar-refractivity contribution in [2.45, 2.75) is 12.1 Å². The number of halogens is 3. The van der Waals surface area contributed by atoms with Crippen molar-refractivity contribution in [3.05, 3.63) is 34.7 Å². The molecule has 0 radical (unpaired) electrons. The standard InChI is InChI=1S/C12H9F3O5S2/c1-19-11(16)10-5-8-4-7(2-3-9(8)21-10)6-22(17,18)20-12(13,14)15/h2-5H,6H2,1H3. The van der Waals surface area contributed by atoms with Gasteiger partial charge in [-0.05, 0) is 29.1 Å². The highest BCUT2D eigenvalue weighted by Crippen LogP contribution is 2.28. The Balaban J connectivity index is 2.28. The maximum absolute atomic E-state index is 12.0. The Bertz CT molecular complexity index is 808. The summed E-state index contributed by atoms with van der Waals surface area (Å²) in [6, 6.07) is 5.74. The van der Waals surface area contributed by atoms with Crippen LogP contribution >= 0.6 is 11.3 Å². The van der Waals surface area contributed by atoms with Crippen LogP contribution in [0.25, 0.3) is 10.1 Å². The zero-order valence-corrected chi connectivity index (χ0v) is 12.6. The fourth-order valence-electron chi connectivity index (χ4n) is 1.76. The van der Waals surface area contributed by atoms with E-state index >= 15 is 0 Å². The molecule has 0 saturated carbocycles. The predicted molar refractivity (Wildman–Crippen MR) is 72.9 cm³/mol. The van der Waals surface area contributed by atoms with E-state index in [-0.39, 0.29) is 5.56 Å². The summed E-state index contributed by atoms with van der Waals surface area (Å²) in [6.07, 6.45) is -5.26. The van der Waals surface area contributed by atoms with Crippen LogP contribution in [0.5, 0.6) is 0 Å². The van der Waals surface area contributed by atoms with Crippen molar-refractivity contribution in [1.82, 2.24) is 0 Å². The monoisotopic (exact) mass is 354 g/mol. The summed E-state index contributed by atoms with van der Waals surface area (Å²) in [4.78, 5) is 11.7. The Hall–Kier alpha value is -1.65. The minimum Gasteiger partial charge on any atom is -0.465 e. The normalized spacial score (nSPS) is 12.5. The first-order chi connectivity index (χ1) is 10.1. The number of thiophene rings is 1. The molecule has 0 amide bonds. The fraction of sp³-hybridized carbons (Fsp3) is 0.250. The van der Waals surface area contributed by atoms with Crippen molar-refractivity contribution in [3.8, 4) is 0 Å². The van der Waals surface area contributed by atoms with E-state index in [1.54, 1.807) is 0 Å². The maximum atomic E-state index is 12.0. The molecule has 120 valence electrons. The molecule has 0 N–H and O–H groups in total. The fourth-order valence-corrected chi connectivity index (χ4v) is 3.66. The molecule has 2 aromatic rings. The van der Waals surface area contributed by atoms with Crippen molar-refractivity contribution in [2.75, 3.05) is 7.11 Å². The average molecular weight is 354 g/mol. The number of hydrogen-bond donors (Lipinski definition) is 0. The Morgan fingerprint density at radius 2 is 1.95 bits per heavy atom. The zero-order valence-electron chi connectivity index (χ0n) is 11.0. The third-order valence-electron chi connectivity index (χ3n) is 2.53. The van der Waals surface area contributed by atoms with E-state index in [9.17, 15) is 26.4 Å². The van der Waals surface area contributed by atoms with Crippen LogP contribution in [0.15, 0.2) is 24.3 Å². The van der Waals surface area contributed by atoms with Gasteiger partial charge in [-0.2, -0.15) is 12.6 Å². The van der Waals surface area contributed by atoms with E-state index in [2.05, 4.69) is 8.92 Å². The number of carbonyl (C=O) groups is 1. The number of alkyl halides is 3. The van der Waals surface area contributed by atoms with Gasteiger partial charge in [0.05, 0.1) is 7.11 Å². The summed E-state index contributed by atoms with van der Waals surface area (Å²) in [7, 11) is -3.57. The molecule has 0 fully saturated rings. The van der Waals surface area contributed by atoms with E-state index in [0.29, 0.717) is 15.0 Å². The van der Waals surface area contributed by atoms with Crippen molar-refractivity contribution in [1.29, 1.82) is 0 Å². The first kappa shape index (κ1) is 16.7. The van der Waals surface area contributed by atoms with Crippen LogP contribution in [0.3, 0.4) is 0 Å². The number of ether oxygens (including phenoxy) is 1. The Labute approximate surface area is 127 Å². The van der Waals surface area contributed by atoms with Crippen LogP contribution in [0.2, 0.25) is 0 Å². The van der Waals surface area contributed by atoms with Gasteiger partial charge in [0.15, 0.2) is 0 Å². The molecule has 0 spiro atoms. The van der Waals surface area contributed by atoms with Crippen LogP contribution in [0.1, 0.15) is 15.2 Å². The largest absolute Gasteiger partial charge is 0.537 e. The van der Waals surface area contributed by atoms with Gasteiger partial charge in [-0.15, -0.1) is 24.5 Å². The molecule has 10 heteroatoms. The topological polar surface area (TPSA) is 69.7 Å². The van der Waals surface area contributed by atoms with Crippen LogP contribution in [0.4, 0.5) is 13.2 Å². The lowest BCUT2D eigenvalue weighted by Gasteiger charge is -2.07. The van der Waals surface area contributed by atoms with Crippen molar-refractivity contribution in [3.63, 3.8) is 0 Å². The van der Waals surface area contributed by atoms with Crippen LogP contribution in [-0.4, -0.2) is 27.9 Å². The summed E-state index contributed by atoms with van der Waals surface area (Å²) < 4.78 is 66.9. The SMILES string of the molecule is COC(=O)c1cc2cc(CS(=O)(=O)OC(F)(F)F)ccc2s1. The Morgan fingerprint density at radius 1 is 1.27 bits per heavy atom. The third kappa shape index (κ3) is 4.18. The number of esters is 1. The second-order valence-electron chi connectivity index (χ2n) is 4.21. The van der Waals surface area contributed by atoms with Crippen LogP contribution in [-0.2, 0) is 24.8 Å². The number of carbonyl (C=O) groups excluding carboxylic acids is 1. The quantitative estimate of drug-likeness (QED) is 0.623. The summed E-state index contributed by atoms with van der Waals surface area (Å²) >= 11 is 1.13. The zero-order chi connectivity index (χ0) is 16.5. The molecule has 0 atom stereocenters. The highest BCUT2D eigenvalue weighted by atomic mass is 32.2. The first-order valence-corrected chi connectivity index (χ1v) is 8.10. The second-order valence-corrected chi connectivity index (χ2v) is 6.86. The molecule has 0 saturated heterocycles. The van der Waals surface area contributed by atoms with Gasteiger partial charge in [-0.25, -0.2) is 4.79 Å². The molecular formula is C12H9F3O5S2. The molecule has 0 unspecified atom stereocenters. The molecule has 2 rings (SSSR count). The van der Waals surface area contributed by atoms with Gasteiger partial charge < -0.3 is 4.74 Å². The molecule has 1 heterocycles. The second kappa shape index (κ2) is 5.86. The minimum absolute atomic E-state index is 0.117. The van der Waals surface area contributed by atoms with E-state index < -0.39 is 28.2 Å². The van der Waals surface area contributed by atoms with Crippen molar-refractivity contribution >= 4 is 37.5 Å². The summed E-state index contributed by atoms with van der Waals surface area (Å²) in [5.41, 5.74) is 0.117. The lowest BCUT2D eigenvalue weighted by Crippen LogP contribution is -2.20. The van der Waals surface area contributed by atoms with Crippen LogP contribution in [0, 0.1) is 0 Å². The van der Waals surface area contributed by atoms with E-state index in [0.717, 1.165) is 11.3 Å². The van der Waals surface area contributed by atoms with Gasteiger partial charge in [0, 0.05) is 4.70 Å². The highest BCUT2D eigenvalue weighted by molar-refractivity contribution is 7.85. The van der Waals surface area contributed by atoms with Gasteiger partial charge in [-0.1, -0.05) is 6.07 Å². The molecule has 5 nitrogen and oxygen atoms in total. The molecule has 1 aromatic heterocycles. The lowest BCUT2D eigenvalue weighted by atomic mass is 10.2. The molecule has 0 aliphatic carbocycles. The smallest absolute Gasteiger partial charge is 0.465 e. The van der Waals surface area contributed by atoms with Gasteiger partial charge in [0.1, 0.15) is 10.6 Å². The van der Waals surface area contributed by atoms with Gasteiger partial charge in [0.2, 0.25) is 0 Å². The number of hydrogen-bond acceptors (Lipinski definition) is 6. The summed E-state index contributed by atoms with van der Waals surface area (Å²) in [5, 5.41) is 0.533. The molecule has 0 aliphatic heterocycles. The van der Waals surface area contributed by atoms with E-state index in [4.69, 9.17) is 0 Å². The summed E-state index contributed by atoms with van der Waals surface area (Å²) in [6.45, 7) is 0. The van der Waals surface area contributed by atoms with Gasteiger partial charge >= 0.3 is 12.3 Å². The van der Waals surface area contributed by atoms with Crippen LogP contribution < -0.4 is 0 Å². The van der Waals surface area contributed by atoms with E-state index in [1.165, 1.54) is 31.4 Å². The highest BCUT2D eigenvalue weighted by Gasteiger charge is 2.36. The maximum Gasteiger partial charge on any atom is 0.537 e. The number of benzene rings is 1. The van der Waals surface area contributed by atoms with Gasteiger partial charge in [-0.3, -0.25) is 0 Å². The van der Waals surface area contributed by atoms with Gasteiger partial charge in [0.25, 0.3) is 10.1 Å². The molecule has 22 heavy (non-hydrogen) atoms. The molecular weight excluding hydrogens is 345 g/mol. The Morgan fingerprint density at radius 3 is 2.55 bits per heavy atom. The van der Waals surface area contributed by atoms with E-state index in [1.807, 2.05) is 0 Å². The third-order valence-corrected chi connectivity index (χ3v) is 4.76. The van der Waals surface area contributed by atoms with Crippen molar-refractivity contribution < 1.29 is 35.3 Å². The first-order valence-electron chi connectivity index (χ1n) is 5.70. The lowest BCUT2D eigenvalue weighted by molar-refractivity contribution is -0.272. The predicted octanol–water partition coefficient (Wildman–Crippen LogP) is 3.05. The Kier molecular flexibility index (Phi) is 4.45. The molecule has 0 bridgehead atoms.